The Labute approximate surface area is 93.2 Å². The van der Waals surface area contributed by atoms with Crippen LogP contribution in [0.1, 0.15) is 21.7 Å². The predicted octanol–water partition coefficient (Wildman–Crippen LogP) is 1.17. The number of nitrogens with zero attached hydrogens (tertiary/aromatic N) is 2. The highest BCUT2D eigenvalue weighted by atomic mass is 16.1. The second kappa shape index (κ2) is 4.53. The lowest BCUT2D eigenvalue weighted by Crippen LogP contribution is -2.11. The molecule has 2 aromatic heterocycles. The lowest BCUT2D eigenvalue weighted by molar-refractivity contribution is 0.1000. The maximum absolute atomic E-state index is 11.0. The normalized spacial score (nSPS) is 10.0. The van der Waals surface area contributed by atoms with Crippen molar-refractivity contribution >= 4 is 5.91 Å². The summed E-state index contributed by atoms with van der Waals surface area (Å²) in [5, 5.41) is 0. The van der Waals surface area contributed by atoms with E-state index in [-0.39, 0.29) is 0 Å². The van der Waals surface area contributed by atoms with Gasteiger partial charge in [-0.15, -0.1) is 0 Å². The van der Waals surface area contributed by atoms with E-state index in [9.17, 15) is 4.79 Å². The minimum absolute atomic E-state index is 0.440. The topological polar surface area (TPSA) is 68.9 Å². The third-order valence-electron chi connectivity index (χ3n) is 2.19. The van der Waals surface area contributed by atoms with Crippen LogP contribution in [0.4, 0.5) is 0 Å². The zero-order valence-electron chi connectivity index (χ0n) is 8.63. The van der Waals surface area contributed by atoms with Gasteiger partial charge in [-0.2, -0.15) is 0 Å². The molecule has 0 bridgehead atoms. The second-order valence-corrected chi connectivity index (χ2v) is 3.40. The summed E-state index contributed by atoms with van der Waals surface area (Å²) in [6, 6.07) is 8.98. The molecule has 0 fully saturated rings. The van der Waals surface area contributed by atoms with E-state index in [2.05, 4.69) is 9.97 Å². The van der Waals surface area contributed by atoms with Gasteiger partial charge in [0.05, 0.1) is 0 Å². The van der Waals surface area contributed by atoms with Gasteiger partial charge in [0, 0.05) is 35.8 Å². The molecule has 2 rings (SSSR count). The van der Waals surface area contributed by atoms with Crippen LogP contribution in [0.3, 0.4) is 0 Å². The highest BCUT2D eigenvalue weighted by molar-refractivity contribution is 5.92. The van der Waals surface area contributed by atoms with Gasteiger partial charge in [0.15, 0.2) is 0 Å². The van der Waals surface area contributed by atoms with Crippen molar-refractivity contribution in [3.8, 4) is 0 Å². The number of aromatic nitrogens is 2. The lowest BCUT2D eigenvalue weighted by atomic mass is 10.1. The fourth-order valence-electron chi connectivity index (χ4n) is 1.42. The Morgan fingerprint density at radius 3 is 2.62 bits per heavy atom. The van der Waals surface area contributed by atoms with Gasteiger partial charge in [0.1, 0.15) is 0 Å². The molecule has 0 radical (unpaired) electrons. The molecule has 4 nitrogen and oxygen atoms in total. The summed E-state index contributed by atoms with van der Waals surface area (Å²) in [6.45, 7) is 0. The molecule has 2 N–H and O–H groups in total. The van der Waals surface area contributed by atoms with E-state index in [1.54, 1.807) is 24.5 Å². The van der Waals surface area contributed by atoms with E-state index in [4.69, 9.17) is 5.73 Å². The van der Waals surface area contributed by atoms with Gasteiger partial charge in [-0.3, -0.25) is 14.8 Å². The first-order valence-electron chi connectivity index (χ1n) is 4.90. The summed E-state index contributed by atoms with van der Waals surface area (Å²) >= 11 is 0. The van der Waals surface area contributed by atoms with E-state index in [0.717, 1.165) is 11.4 Å². The number of carbonyl (C=O) groups is 1. The van der Waals surface area contributed by atoms with Gasteiger partial charge in [0.2, 0.25) is 5.91 Å². The maximum atomic E-state index is 11.0. The molecule has 1 amide bonds. The van der Waals surface area contributed by atoms with E-state index < -0.39 is 5.91 Å². The number of rotatable bonds is 3. The Hall–Kier alpha value is -2.23. The zero-order chi connectivity index (χ0) is 11.4. The molecule has 0 aliphatic rings. The van der Waals surface area contributed by atoms with Crippen molar-refractivity contribution < 1.29 is 4.79 Å². The van der Waals surface area contributed by atoms with Gasteiger partial charge in [-0.1, -0.05) is 6.07 Å². The van der Waals surface area contributed by atoms with Crippen LogP contribution in [-0.2, 0) is 6.42 Å². The van der Waals surface area contributed by atoms with Gasteiger partial charge in [-0.05, 0) is 24.3 Å². The monoisotopic (exact) mass is 213 g/mol. The van der Waals surface area contributed by atoms with Crippen molar-refractivity contribution in [1.82, 2.24) is 9.97 Å². The number of hydrogen-bond acceptors (Lipinski definition) is 3. The van der Waals surface area contributed by atoms with Crippen LogP contribution in [0.5, 0.6) is 0 Å². The molecular weight excluding hydrogens is 202 g/mol. The molecule has 16 heavy (non-hydrogen) atoms. The van der Waals surface area contributed by atoms with E-state index in [1.807, 2.05) is 18.2 Å². The van der Waals surface area contributed by atoms with Crippen LogP contribution in [-0.4, -0.2) is 15.9 Å². The van der Waals surface area contributed by atoms with E-state index >= 15 is 0 Å². The molecule has 0 aliphatic carbocycles. The summed E-state index contributed by atoms with van der Waals surface area (Å²) in [7, 11) is 0. The SMILES string of the molecule is NC(=O)c1ccnc(Cc2ccccn2)c1. The molecule has 0 saturated carbocycles. The molecule has 0 atom stereocenters. The summed E-state index contributed by atoms with van der Waals surface area (Å²) in [5.41, 5.74) is 7.37. The first-order chi connectivity index (χ1) is 7.75. The van der Waals surface area contributed by atoms with Crippen LogP contribution < -0.4 is 5.73 Å². The lowest BCUT2D eigenvalue weighted by Gasteiger charge is -2.01. The maximum Gasteiger partial charge on any atom is 0.248 e. The third kappa shape index (κ3) is 2.42. The third-order valence-corrected chi connectivity index (χ3v) is 2.19. The van der Waals surface area contributed by atoms with Crippen molar-refractivity contribution in [2.45, 2.75) is 6.42 Å². The molecule has 80 valence electrons. The van der Waals surface area contributed by atoms with Crippen molar-refractivity contribution in [3.05, 3.63) is 59.7 Å². The summed E-state index contributed by atoms with van der Waals surface area (Å²) in [4.78, 5) is 19.3. The quantitative estimate of drug-likeness (QED) is 0.832. The number of carbonyl (C=O) groups excluding carboxylic acids is 1. The Kier molecular flexibility index (Phi) is 2.91. The van der Waals surface area contributed by atoms with Gasteiger partial charge < -0.3 is 5.73 Å². The van der Waals surface area contributed by atoms with Crippen molar-refractivity contribution in [3.63, 3.8) is 0 Å². The van der Waals surface area contributed by atoms with E-state index in [0.29, 0.717) is 12.0 Å². The van der Waals surface area contributed by atoms with Crippen molar-refractivity contribution in [1.29, 1.82) is 0 Å². The van der Waals surface area contributed by atoms with Crippen LogP contribution in [0.15, 0.2) is 42.7 Å². The van der Waals surface area contributed by atoms with Crippen LogP contribution in [0, 0.1) is 0 Å². The minimum atomic E-state index is -0.440. The second-order valence-electron chi connectivity index (χ2n) is 3.40. The number of nitrogens with two attached hydrogens (primary N) is 1. The van der Waals surface area contributed by atoms with Crippen LogP contribution in [0.2, 0.25) is 0 Å². The first kappa shape index (κ1) is 10.3. The highest BCUT2D eigenvalue weighted by Gasteiger charge is 2.03. The molecule has 0 spiro atoms. The first-order valence-corrected chi connectivity index (χ1v) is 4.90. The number of pyridine rings is 2. The fourth-order valence-corrected chi connectivity index (χ4v) is 1.42. The number of primary amides is 1. The van der Waals surface area contributed by atoms with Crippen LogP contribution >= 0.6 is 0 Å². The molecular formula is C12H11N3O. The van der Waals surface area contributed by atoms with Gasteiger partial charge in [0.25, 0.3) is 0 Å². The minimum Gasteiger partial charge on any atom is -0.366 e. The molecule has 4 heteroatoms. The molecule has 0 aliphatic heterocycles. The Morgan fingerprint density at radius 1 is 1.12 bits per heavy atom. The molecule has 0 saturated heterocycles. The Morgan fingerprint density at radius 2 is 1.94 bits per heavy atom. The molecule has 2 heterocycles. The van der Waals surface area contributed by atoms with Gasteiger partial charge >= 0.3 is 0 Å². The molecule has 0 unspecified atom stereocenters. The highest BCUT2D eigenvalue weighted by Crippen LogP contribution is 2.06. The van der Waals surface area contributed by atoms with Gasteiger partial charge in [-0.25, -0.2) is 0 Å². The van der Waals surface area contributed by atoms with Crippen molar-refractivity contribution in [2.75, 3.05) is 0 Å². The summed E-state index contributed by atoms with van der Waals surface area (Å²) < 4.78 is 0. The molecule has 2 aromatic rings. The summed E-state index contributed by atoms with van der Waals surface area (Å²) in [6.07, 6.45) is 3.91. The Balaban J connectivity index is 2.22. The largest absolute Gasteiger partial charge is 0.366 e. The fraction of sp³-hybridized carbons (Fsp3) is 0.0833. The zero-order valence-corrected chi connectivity index (χ0v) is 8.63. The van der Waals surface area contributed by atoms with Crippen molar-refractivity contribution in [2.24, 2.45) is 5.73 Å². The number of hydrogen-bond donors (Lipinski definition) is 1. The average molecular weight is 213 g/mol. The molecule has 0 aromatic carbocycles. The predicted molar refractivity (Wildman–Crippen MR) is 59.8 cm³/mol. The Bertz CT molecular complexity index is 497. The average Bonchev–Trinajstić information content (AvgIpc) is 2.30. The van der Waals surface area contributed by atoms with E-state index in [1.165, 1.54) is 0 Å². The smallest absolute Gasteiger partial charge is 0.248 e. The van der Waals surface area contributed by atoms with Crippen LogP contribution in [0.25, 0.3) is 0 Å². The summed E-state index contributed by atoms with van der Waals surface area (Å²) in [5.74, 6) is -0.440. The number of amides is 1. The standard InChI is InChI=1S/C12H11N3O/c13-12(16)9-4-6-15-11(7-9)8-10-3-1-2-5-14-10/h1-7H,8H2,(H2,13,16).